The van der Waals surface area contributed by atoms with E-state index in [1.807, 2.05) is 12.1 Å². The van der Waals surface area contributed by atoms with Crippen LogP contribution >= 0.6 is 0 Å². The minimum Gasteiger partial charge on any atom is -0.385 e. The summed E-state index contributed by atoms with van der Waals surface area (Å²) in [6.45, 7) is 4.45. The molecule has 1 aromatic carbocycles. The number of carbonyl (C=O) groups excluding carboxylic acids is 1. The molecular weight excluding hydrogens is 407 g/mol. The standard InChI is InChI=1S/C25H29FN4O2/c1-17-20(15-29-13-10-25(32,11-14-29)21-6-4-12-27-24(21)26)19-5-2-3-7-22(19)30(17)16-23(31)28-18-8-9-18/h2-7,12,18,32H,8-11,13-16H2,1H3,(H,28,31). The Labute approximate surface area is 187 Å². The Bertz CT molecular complexity index is 1150. The predicted molar refractivity (Wildman–Crippen MR) is 120 cm³/mol. The van der Waals surface area contributed by atoms with E-state index in [0.717, 1.165) is 36.0 Å². The number of para-hydroxylation sites is 1. The molecule has 5 rings (SSSR count). The molecule has 2 N–H and O–H groups in total. The molecule has 1 amide bonds. The van der Waals surface area contributed by atoms with Crippen molar-refractivity contribution < 1.29 is 14.3 Å². The third-order valence-corrected chi connectivity index (χ3v) is 6.93. The van der Waals surface area contributed by atoms with E-state index < -0.39 is 11.5 Å². The second-order valence-corrected chi connectivity index (χ2v) is 9.16. The second-order valence-electron chi connectivity index (χ2n) is 9.16. The second kappa shape index (κ2) is 8.30. The van der Waals surface area contributed by atoms with Crippen LogP contribution in [-0.2, 0) is 23.5 Å². The van der Waals surface area contributed by atoms with Gasteiger partial charge < -0.3 is 15.0 Å². The molecule has 0 atom stereocenters. The molecule has 0 radical (unpaired) electrons. The lowest BCUT2D eigenvalue weighted by Crippen LogP contribution is -2.42. The van der Waals surface area contributed by atoms with E-state index in [2.05, 4.69) is 38.8 Å². The molecule has 0 unspecified atom stereocenters. The number of rotatable bonds is 6. The van der Waals surface area contributed by atoms with Gasteiger partial charge in [0.25, 0.3) is 0 Å². The molecule has 0 spiro atoms. The van der Waals surface area contributed by atoms with Crippen LogP contribution in [0.15, 0.2) is 42.6 Å². The molecular formula is C25H29FN4O2. The highest BCUT2D eigenvalue weighted by Crippen LogP contribution is 2.35. The number of carbonyl (C=O) groups is 1. The average molecular weight is 437 g/mol. The lowest BCUT2D eigenvalue weighted by atomic mass is 9.85. The monoisotopic (exact) mass is 436 g/mol. The smallest absolute Gasteiger partial charge is 0.240 e. The molecule has 0 bridgehead atoms. The van der Waals surface area contributed by atoms with Crippen molar-refractivity contribution in [2.45, 2.75) is 57.3 Å². The summed E-state index contributed by atoms with van der Waals surface area (Å²) in [7, 11) is 0. The lowest BCUT2D eigenvalue weighted by Gasteiger charge is -2.38. The number of nitrogens with zero attached hydrogens (tertiary/aromatic N) is 3. The zero-order chi connectivity index (χ0) is 22.3. The van der Waals surface area contributed by atoms with Gasteiger partial charge in [0.05, 0.1) is 5.60 Å². The molecule has 2 aromatic heterocycles. The first-order valence-electron chi connectivity index (χ1n) is 11.4. The van der Waals surface area contributed by atoms with Crippen LogP contribution < -0.4 is 5.32 Å². The number of amides is 1. The Morgan fingerprint density at radius 3 is 2.69 bits per heavy atom. The first-order chi connectivity index (χ1) is 15.4. The maximum Gasteiger partial charge on any atom is 0.240 e. The van der Waals surface area contributed by atoms with Crippen molar-refractivity contribution >= 4 is 16.8 Å². The molecule has 168 valence electrons. The van der Waals surface area contributed by atoms with E-state index in [9.17, 15) is 14.3 Å². The Morgan fingerprint density at radius 2 is 1.97 bits per heavy atom. The van der Waals surface area contributed by atoms with Crippen LogP contribution in [0.1, 0.15) is 42.5 Å². The summed E-state index contributed by atoms with van der Waals surface area (Å²) < 4.78 is 16.3. The normalized spacial score (nSPS) is 18.7. The number of fused-ring (bicyclic) bond motifs is 1. The topological polar surface area (TPSA) is 70.4 Å². The number of aliphatic hydroxyl groups is 1. The number of pyridine rings is 1. The summed E-state index contributed by atoms with van der Waals surface area (Å²) in [5.74, 6) is -0.531. The molecule has 32 heavy (non-hydrogen) atoms. The van der Waals surface area contributed by atoms with Crippen LogP contribution in [0.5, 0.6) is 0 Å². The van der Waals surface area contributed by atoms with E-state index in [4.69, 9.17) is 0 Å². The van der Waals surface area contributed by atoms with Gasteiger partial charge in [-0.15, -0.1) is 0 Å². The molecule has 2 fully saturated rings. The van der Waals surface area contributed by atoms with Crippen molar-refractivity contribution in [1.29, 1.82) is 0 Å². The molecule has 7 heteroatoms. The van der Waals surface area contributed by atoms with Gasteiger partial charge >= 0.3 is 0 Å². The summed E-state index contributed by atoms with van der Waals surface area (Å²) in [6.07, 6.45) is 4.47. The van der Waals surface area contributed by atoms with Gasteiger partial charge in [0.1, 0.15) is 6.54 Å². The Morgan fingerprint density at radius 1 is 1.22 bits per heavy atom. The first-order valence-corrected chi connectivity index (χ1v) is 11.4. The van der Waals surface area contributed by atoms with E-state index in [1.54, 1.807) is 12.1 Å². The van der Waals surface area contributed by atoms with Crippen molar-refractivity contribution in [3.63, 3.8) is 0 Å². The van der Waals surface area contributed by atoms with Crippen LogP contribution in [0.25, 0.3) is 10.9 Å². The molecule has 2 aliphatic rings. The average Bonchev–Trinajstić information content (AvgIpc) is 3.57. The molecule has 1 saturated heterocycles. The third-order valence-electron chi connectivity index (χ3n) is 6.93. The number of hydrogen-bond acceptors (Lipinski definition) is 4. The highest BCUT2D eigenvalue weighted by atomic mass is 19.1. The van der Waals surface area contributed by atoms with Gasteiger partial charge in [-0.1, -0.05) is 24.3 Å². The molecule has 1 aliphatic heterocycles. The van der Waals surface area contributed by atoms with Gasteiger partial charge in [-0.3, -0.25) is 9.69 Å². The van der Waals surface area contributed by atoms with Crippen LogP contribution in [0, 0.1) is 12.9 Å². The minimum atomic E-state index is -1.18. The number of likely N-dealkylation sites (tertiary alicyclic amines) is 1. The third kappa shape index (κ3) is 4.02. The number of benzene rings is 1. The maximum absolute atomic E-state index is 14.2. The number of hydrogen-bond donors (Lipinski definition) is 2. The summed E-state index contributed by atoms with van der Waals surface area (Å²) >= 11 is 0. The Balaban J connectivity index is 1.34. The zero-order valence-electron chi connectivity index (χ0n) is 18.4. The Hall–Kier alpha value is -2.77. The highest BCUT2D eigenvalue weighted by molar-refractivity contribution is 5.87. The van der Waals surface area contributed by atoms with Gasteiger partial charge in [0.15, 0.2) is 0 Å². The van der Waals surface area contributed by atoms with Crippen molar-refractivity contribution in [3.05, 3.63) is 65.4 Å². The van der Waals surface area contributed by atoms with Crippen LogP contribution in [0.2, 0.25) is 0 Å². The molecule has 3 heterocycles. The SMILES string of the molecule is Cc1c(CN2CCC(O)(c3cccnc3F)CC2)c2ccccc2n1CC(=O)NC1CC1. The minimum absolute atomic E-state index is 0.0597. The number of piperidine rings is 1. The fourth-order valence-electron chi connectivity index (χ4n) is 4.86. The maximum atomic E-state index is 14.2. The van der Waals surface area contributed by atoms with Crippen LogP contribution in [0.3, 0.4) is 0 Å². The molecule has 1 aliphatic carbocycles. The quantitative estimate of drug-likeness (QED) is 0.582. The fraction of sp³-hybridized carbons (Fsp3) is 0.440. The van der Waals surface area contributed by atoms with E-state index in [-0.39, 0.29) is 11.5 Å². The van der Waals surface area contributed by atoms with Crippen molar-refractivity contribution in [2.24, 2.45) is 0 Å². The van der Waals surface area contributed by atoms with Gasteiger partial charge in [0, 0.05) is 54.0 Å². The number of nitrogens with one attached hydrogen (secondary N) is 1. The summed E-state index contributed by atoms with van der Waals surface area (Å²) in [6, 6.07) is 11.8. The Kier molecular flexibility index (Phi) is 5.47. The van der Waals surface area contributed by atoms with E-state index in [0.29, 0.717) is 38.5 Å². The van der Waals surface area contributed by atoms with Crippen LogP contribution in [0.4, 0.5) is 4.39 Å². The molecule has 6 nitrogen and oxygen atoms in total. The van der Waals surface area contributed by atoms with Gasteiger partial charge in [0.2, 0.25) is 11.9 Å². The summed E-state index contributed by atoms with van der Waals surface area (Å²) in [4.78, 5) is 18.5. The lowest BCUT2D eigenvalue weighted by molar-refractivity contribution is -0.121. The van der Waals surface area contributed by atoms with Crippen molar-refractivity contribution in [2.75, 3.05) is 13.1 Å². The highest BCUT2D eigenvalue weighted by Gasteiger charge is 2.36. The van der Waals surface area contributed by atoms with E-state index >= 15 is 0 Å². The van der Waals surface area contributed by atoms with Crippen molar-refractivity contribution in [1.82, 2.24) is 19.8 Å². The fourth-order valence-corrected chi connectivity index (χ4v) is 4.86. The van der Waals surface area contributed by atoms with Gasteiger partial charge in [-0.2, -0.15) is 4.39 Å². The number of aromatic nitrogens is 2. The summed E-state index contributed by atoms with van der Waals surface area (Å²) in [5.41, 5.74) is 2.47. The van der Waals surface area contributed by atoms with E-state index in [1.165, 1.54) is 11.8 Å². The summed E-state index contributed by atoms with van der Waals surface area (Å²) in [5, 5.41) is 15.3. The van der Waals surface area contributed by atoms with Gasteiger partial charge in [-0.05, 0) is 50.3 Å². The number of halogens is 1. The van der Waals surface area contributed by atoms with Crippen LogP contribution in [-0.4, -0.2) is 44.6 Å². The molecule has 1 saturated carbocycles. The van der Waals surface area contributed by atoms with Crippen molar-refractivity contribution in [3.8, 4) is 0 Å². The zero-order valence-corrected chi connectivity index (χ0v) is 18.4. The predicted octanol–water partition coefficient (Wildman–Crippen LogP) is 3.25. The molecule has 3 aromatic rings. The van der Waals surface area contributed by atoms with Gasteiger partial charge in [-0.25, -0.2) is 4.98 Å². The first kappa shape index (κ1) is 21.1. The largest absolute Gasteiger partial charge is 0.385 e.